The second-order valence-corrected chi connectivity index (χ2v) is 7.75. The molecule has 2 heterocycles. The van der Waals surface area contributed by atoms with E-state index in [1.165, 1.54) is 5.56 Å². The van der Waals surface area contributed by atoms with E-state index in [1.807, 2.05) is 30.5 Å². The zero-order chi connectivity index (χ0) is 20.2. The van der Waals surface area contributed by atoms with Gasteiger partial charge < -0.3 is 21.1 Å². The van der Waals surface area contributed by atoms with Crippen molar-refractivity contribution in [3.8, 4) is 5.75 Å². The Morgan fingerprint density at radius 3 is 2.90 bits per heavy atom. The number of carbonyl (C=O) groups excluding carboxylic acids is 1. The molecule has 1 aliphatic heterocycles. The first-order chi connectivity index (χ1) is 14.1. The van der Waals surface area contributed by atoms with Gasteiger partial charge in [-0.1, -0.05) is 36.8 Å². The maximum Gasteiger partial charge on any atom is 0.248 e. The van der Waals surface area contributed by atoms with Crippen LogP contribution in [0.2, 0.25) is 0 Å². The number of aromatic amines is 1. The number of nitrogens with two attached hydrogens (primary N) is 1. The number of H-pyrrole nitrogens is 1. The molecule has 29 heavy (non-hydrogen) atoms. The molecule has 150 valence electrons. The number of phenols is 1. The van der Waals surface area contributed by atoms with Gasteiger partial charge in [0.15, 0.2) is 0 Å². The van der Waals surface area contributed by atoms with Gasteiger partial charge in [-0.15, -0.1) is 0 Å². The van der Waals surface area contributed by atoms with Crippen molar-refractivity contribution in [2.45, 2.75) is 37.6 Å². The van der Waals surface area contributed by atoms with Gasteiger partial charge >= 0.3 is 0 Å². The third-order valence-corrected chi connectivity index (χ3v) is 5.79. The minimum Gasteiger partial charge on any atom is -0.508 e. The molecule has 3 aromatic rings. The second kappa shape index (κ2) is 8.53. The van der Waals surface area contributed by atoms with E-state index in [0.29, 0.717) is 17.4 Å². The summed E-state index contributed by atoms with van der Waals surface area (Å²) >= 11 is 0. The molecule has 2 unspecified atom stereocenters. The third kappa shape index (κ3) is 4.35. The van der Waals surface area contributed by atoms with Crippen molar-refractivity contribution in [1.82, 2.24) is 10.3 Å². The molecule has 0 aliphatic carbocycles. The van der Waals surface area contributed by atoms with E-state index in [0.717, 1.165) is 48.7 Å². The van der Waals surface area contributed by atoms with E-state index in [-0.39, 0.29) is 5.92 Å². The van der Waals surface area contributed by atoms with Crippen molar-refractivity contribution in [3.05, 3.63) is 77.5 Å². The average Bonchev–Trinajstić information content (AvgIpc) is 3.14. The number of carbonyl (C=O) groups is 1. The number of benzene rings is 2. The Bertz CT molecular complexity index is 1040. The summed E-state index contributed by atoms with van der Waals surface area (Å²) in [4.78, 5) is 14.6. The number of fused-ring (bicyclic) bond motifs is 1. The van der Waals surface area contributed by atoms with Crippen LogP contribution in [0.3, 0.4) is 0 Å². The summed E-state index contributed by atoms with van der Waals surface area (Å²) in [6.07, 6.45) is 10.7. The number of amides is 1. The number of phenolic OH excluding ortho intramolecular Hbond substituents is 1. The molecule has 0 saturated heterocycles. The largest absolute Gasteiger partial charge is 0.508 e. The highest BCUT2D eigenvalue weighted by atomic mass is 16.3. The molecule has 1 aromatic heterocycles. The Hall–Kier alpha value is -3.05. The van der Waals surface area contributed by atoms with Crippen LogP contribution in [0, 0.1) is 0 Å². The minimum absolute atomic E-state index is 0.288. The topological polar surface area (TPSA) is 91.1 Å². The van der Waals surface area contributed by atoms with Crippen LogP contribution in [0.5, 0.6) is 5.75 Å². The molecule has 1 aliphatic rings. The van der Waals surface area contributed by atoms with Gasteiger partial charge in [0.25, 0.3) is 0 Å². The number of nitrogens with one attached hydrogen (secondary N) is 2. The molecule has 5 heteroatoms. The lowest BCUT2D eigenvalue weighted by molar-refractivity contribution is 0.100. The Kier molecular flexibility index (Phi) is 5.67. The molecule has 4 rings (SSSR count). The first-order valence-electron chi connectivity index (χ1n) is 10.2. The highest BCUT2D eigenvalue weighted by molar-refractivity contribution is 5.97. The molecular weight excluding hydrogens is 362 g/mol. The summed E-state index contributed by atoms with van der Waals surface area (Å²) in [5.74, 6) is 0.202. The van der Waals surface area contributed by atoms with Gasteiger partial charge in [0.1, 0.15) is 5.75 Å². The van der Waals surface area contributed by atoms with E-state index >= 15 is 0 Å². The number of hydrogen-bond acceptors (Lipinski definition) is 3. The molecular formula is C24H27N3O2. The van der Waals surface area contributed by atoms with Crippen molar-refractivity contribution in [1.29, 1.82) is 0 Å². The maximum atomic E-state index is 11.3. The Morgan fingerprint density at radius 2 is 2.07 bits per heavy atom. The summed E-state index contributed by atoms with van der Waals surface area (Å²) < 4.78 is 0. The molecule has 5 N–H and O–H groups in total. The molecule has 0 bridgehead atoms. The molecule has 5 nitrogen and oxygen atoms in total. The number of aryl methyl sites for hydroxylation is 1. The number of aromatic hydroxyl groups is 1. The summed E-state index contributed by atoms with van der Waals surface area (Å²) in [5.41, 5.74) is 9.28. The predicted octanol–water partition coefficient (Wildman–Crippen LogP) is 4.00. The van der Waals surface area contributed by atoms with E-state index in [1.54, 1.807) is 12.1 Å². The van der Waals surface area contributed by atoms with Crippen molar-refractivity contribution < 1.29 is 9.90 Å². The monoisotopic (exact) mass is 389 g/mol. The lowest BCUT2D eigenvalue weighted by Crippen LogP contribution is -2.37. The molecule has 1 amide bonds. The minimum atomic E-state index is -0.404. The van der Waals surface area contributed by atoms with Crippen molar-refractivity contribution in [2.75, 3.05) is 6.54 Å². The summed E-state index contributed by atoms with van der Waals surface area (Å²) in [6.45, 7) is 0.893. The van der Waals surface area contributed by atoms with Gasteiger partial charge in [0.05, 0.1) is 0 Å². The van der Waals surface area contributed by atoms with E-state index in [4.69, 9.17) is 5.73 Å². The fourth-order valence-corrected chi connectivity index (χ4v) is 4.28. The van der Waals surface area contributed by atoms with Crippen LogP contribution >= 0.6 is 0 Å². The normalized spacial score (nSPS) is 18.9. The van der Waals surface area contributed by atoms with E-state index < -0.39 is 5.91 Å². The van der Waals surface area contributed by atoms with Gasteiger partial charge in [-0.25, -0.2) is 0 Å². The highest BCUT2D eigenvalue weighted by Crippen LogP contribution is 2.29. The van der Waals surface area contributed by atoms with Gasteiger partial charge in [-0.2, -0.15) is 0 Å². The number of unbranched alkanes of at least 4 members (excludes halogenated alkanes) is 1. The third-order valence-electron chi connectivity index (χ3n) is 5.79. The van der Waals surface area contributed by atoms with Gasteiger partial charge in [-0.05, 0) is 54.7 Å². The van der Waals surface area contributed by atoms with Crippen LogP contribution in [0.15, 0.2) is 60.8 Å². The number of hydrogen-bond donors (Lipinski definition) is 4. The van der Waals surface area contributed by atoms with E-state index in [9.17, 15) is 9.90 Å². The fraction of sp³-hybridized carbons (Fsp3) is 0.292. The average molecular weight is 389 g/mol. The quantitative estimate of drug-likeness (QED) is 0.364. The SMILES string of the molecule is NC(=O)c1ccc2c(CCCCC3NCC=CC3c3cccc(O)c3)c[nH]c2c1. The van der Waals surface area contributed by atoms with Crippen LogP contribution in [0.25, 0.3) is 10.9 Å². The van der Waals surface area contributed by atoms with Gasteiger partial charge in [0, 0.05) is 41.2 Å². The molecule has 0 fully saturated rings. The molecule has 0 spiro atoms. The number of aromatic nitrogens is 1. The first-order valence-corrected chi connectivity index (χ1v) is 10.2. The lowest BCUT2D eigenvalue weighted by Gasteiger charge is -2.29. The second-order valence-electron chi connectivity index (χ2n) is 7.75. The fourth-order valence-electron chi connectivity index (χ4n) is 4.28. The van der Waals surface area contributed by atoms with Crippen LogP contribution in [0.1, 0.15) is 46.7 Å². The standard InChI is InChI=1S/C24H27N3O2/c25-24(29)17-10-11-21-18(15-27-23(21)14-17)5-1-2-9-22-20(8-4-12-26-22)16-6-3-7-19(28)13-16/h3-4,6-8,10-11,13-15,20,22,26-28H,1-2,5,9,12H2,(H2,25,29). The lowest BCUT2D eigenvalue weighted by atomic mass is 9.86. The molecule has 2 atom stereocenters. The van der Waals surface area contributed by atoms with Crippen LogP contribution < -0.4 is 11.1 Å². The zero-order valence-electron chi connectivity index (χ0n) is 16.4. The molecule has 0 radical (unpaired) electrons. The van der Waals surface area contributed by atoms with Crippen molar-refractivity contribution >= 4 is 16.8 Å². The van der Waals surface area contributed by atoms with Crippen molar-refractivity contribution in [3.63, 3.8) is 0 Å². The Balaban J connectivity index is 1.36. The number of primary amides is 1. The van der Waals surface area contributed by atoms with Gasteiger partial charge in [0.2, 0.25) is 5.91 Å². The summed E-state index contributed by atoms with van der Waals surface area (Å²) in [7, 11) is 0. The van der Waals surface area contributed by atoms with Crippen molar-refractivity contribution in [2.24, 2.45) is 5.73 Å². The molecule has 0 saturated carbocycles. The summed E-state index contributed by atoms with van der Waals surface area (Å²) in [6, 6.07) is 13.5. The Labute approximate surface area is 170 Å². The summed E-state index contributed by atoms with van der Waals surface area (Å²) in [5, 5.41) is 14.6. The zero-order valence-corrected chi connectivity index (χ0v) is 16.4. The van der Waals surface area contributed by atoms with Crippen LogP contribution in [-0.4, -0.2) is 28.6 Å². The van der Waals surface area contributed by atoms with Gasteiger partial charge in [-0.3, -0.25) is 4.79 Å². The Morgan fingerprint density at radius 1 is 1.17 bits per heavy atom. The smallest absolute Gasteiger partial charge is 0.248 e. The molecule has 2 aromatic carbocycles. The first kappa shape index (κ1) is 19.3. The predicted molar refractivity (Wildman–Crippen MR) is 116 cm³/mol. The van der Waals surface area contributed by atoms with E-state index in [2.05, 4.69) is 28.5 Å². The number of rotatable bonds is 7. The highest BCUT2D eigenvalue weighted by Gasteiger charge is 2.22. The van der Waals surface area contributed by atoms with Crippen LogP contribution in [-0.2, 0) is 6.42 Å². The van der Waals surface area contributed by atoms with Crippen LogP contribution in [0.4, 0.5) is 0 Å². The maximum absolute atomic E-state index is 11.3.